The number of fused-ring (bicyclic) bond motifs is 5. The molecule has 3 aromatic heterocycles. The molecule has 0 amide bonds. The highest BCUT2D eigenvalue weighted by atomic mass is 19.1. The van der Waals surface area contributed by atoms with Gasteiger partial charge in [0.25, 0.3) is 0 Å². The minimum absolute atomic E-state index is 0.223. The van der Waals surface area contributed by atoms with E-state index >= 15 is 0 Å². The molecule has 4 heteroatoms. The summed E-state index contributed by atoms with van der Waals surface area (Å²) in [6, 6.07) is 15.9. The van der Waals surface area contributed by atoms with Gasteiger partial charge < -0.3 is 9.25 Å². The van der Waals surface area contributed by atoms with Crippen LogP contribution in [0.1, 0.15) is 25.0 Å². The second-order valence-corrected chi connectivity index (χ2v) is 9.61. The van der Waals surface area contributed by atoms with Crippen molar-refractivity contribution in [1.29, 1.82) is 0 Å². The second-order valence-electron chi connectivity index (χ2n) is 9.61. The number of halogens is 1. The van der Waals surface area contributed by atoms with Crippen LogP contribution >= 0.6 is 0 Å². The molecular weight excluding hydrogens is 397 g/mol. The first kappa shape index (κ1) is 19.0. The summed E-state index contributed by atoms with van der Waals surface area (Å²) in [7, 11) is 2.09. The molecule has 156 valence electrons. The third-order valence-electron chi connectivity index (χ3n) is 6.79. The lowest BCUT2D eigenvalue weighted by Crippen LogP contribution is -2.29. The summed E-state index contributed by atoms with van der Waals surface area (Å²) < 4.78 is 18.8. The minimum Gasteiger partial charge on any atom is -0.311 e. The maximum atomic E-state index is 14.3. The zero-order valence-electron chi connectivity index (χ0n) is 18.6. The maximum Gasteiger partial charge on any atom is 0.231 e. The number of hydrogen-bond acceptors (Lipinski definition) is 0. The molecule has 0 aliphatic rings. The van der Waals surface area contributed by atoms with E-state index in [1.54, 1.807) is 12.1 Å². The van der Waals surface area contributed by atoms with Crippen molar-refractivity contribution >= 4 is 49.0 Å². The van der Waals surface area contributed by atoms with E-state index in [2.05, 4.69) is 64.3 Å². The van der Waals surface area contributed by atoms with Crippen molar-refractivity contribution in [3.8, 4) is 0 Å². The fraction of sp³-hybridized carbons (Fsp3) is 0.214. The van der Waals surface area contributed by atoms with Crippen LogP contribution in [0.25, 0.3) is 53.8 Å². The van der Waals surface area contributed by atoms with Crippen molar-refractivity contribution in [3.63, 3.8) is 0 Å². The third kappa shape index (κ3) is 2.42. The van der Waals surface area contributed by atoms with E-state index in [-0.39, 0.29) is 5.82 Å². The molecule has 3 heterocycles. The molecule has 0 fully saturated rings. The Balaban J connectivity index is 1.94. The highest BCUT2D eigenvalue weighted by Crippen LogP contribution is 2.41. The molecule has 6 rings (SSSR count). The van der Waals surface area contributed by atoms with Gasteiger partial charge in [0, 0.05) is 30.7 Å². The number of aryl methyl sites for hydroxylation is 2. The Morgan fingerprint density at radius 1 is 1.00 bits per heavy atom. The van der Waals surface area contributed by atoms with Crippen LogP contribution in [0.4, 0.5) is 4.39 Å². The van der Waals surface area contributed by atoms with Gasteiger partial charge in [0.05, 0.1) is 33.7 Å². The van der Waals surface area contributed by atoms with E-state index in [1.807, 2.05) is 19.9 Å². The monoisotopic (exact) mass is 420 g/mol. The summed E-state index contributed by atoms with van der Waals surface area (Å²) in [5.41, 5.74) is 6.30. The van der Waals surface area contributed by atoms with Crippen molar-refractivity contribution < 1.29 is 8.96 Å². The molecule has 0 aliphatic heterocycles. The molecule has 0 unspecified atom stereocenters. The summed E-state index contributed by atoms with van der Waals surface area (Å²) in [6.07, 6.45) is 2.79. The van der Waals surface area contributed by atoms with E-state index in [4.69, 9.17) is 6.57 Å². The molecule has 0 saturated heterocycles. The van der Waals surface area contributed by atoms with Crippen LogP contribution in [-0.2, 0) is 13.5 Å². The molecule has 0 saturated carbocycles. The number of benzene rings is 3. The summed E-state index contributed by atoms with van der Waals surface area (Å²) >= 11 is 0. The van der Waals surface area contributed by atoms with Gasteiger partial charge >= 0.3 is 0 Å². The van der Waals surface area contributed by atoms with E-state index in [0.29, 0.717) is 6.42 Å². The predicted octanol–water partition coefficient (Wildman–Crippen LogP) is 6.50. The summed E-state index contributed by atoms with van der Waals surface area (Å²) in [4.78, 5) is 3.83. The Kier molecular flexibility index (Phi) is 3.67. The lowest BCUT2D eigenvalue weighted by Gasteiger charge is -2.16. The fourth-order valence-corrected chi connectivity index (χ4v) is 5.39. The average Bonchev–Trinajstić information content (AvgIpc) is 3.08. The Morgan fingerprint density at radius 3 is 2.59 bits per heavy atom. The van der Waals surface area contributed by atoms with Crippen LogP contribution in [0, 0.1) is 19.3 Å². The van der Waals surface area contributed by atoms with Gasteiger partial charge in [-0.25, -0.2) is 15.5 Å². The first-order valence-corrected chi connectivity index (χ1v) is 10.9. The van der Waals surface area contributed by atoms with Crippen LogP contribution in [0.2, 0.25) is 0 Å². The molecule has 0 spiro atoms. The number of aromatic nitrogens is 2. The first-order chi connectivity index (χ1) is 15.3. The number of hydrogen-bond donors (Lipinski definition) is 0. The zero-order chi connectivity index (χ0) is 22.4. The Labute approximate surface area is 185 Å². The summed E-state index contributed by atoms with van der Waals surface area (Å²) in [5, 5.41) is 5.56. The van der Waals surface area contributed by atoms with E-state index in [1.165, 1.54) is 21.9 Å². The predicted molar refractivity (Wildman–Crippen MR) is 129 cm³/mol. The normalized spacial score (nSPS) is 12.6. The maximum absolute atomic E-state index is 14.3. The van der Waals surface area contributed by atoms with E-state index in [0.717, 1.165) is 38.3 Å². The van der Waals surface area contributed by atoms with Gasteiger partial charge in [-0.1, -0.05) is 18.2 Å². The molecule has 3 aromatic carbocycles. The molecular formula is C28H23FN3+. The van der Waals surface area contributed by atoms with Crippen LogP contribution in [0.5, 0.6) is 0 Å². The zero-order valence-corrected chi connectivity index (χ0v) is 18.6. The molecule has 32 heavy (non-hydrogen) atoms. The lowest BCUT2D eigenvalue weighted by atomic mass is 9.92. The molecule has 6 aromatic rings. The van der Waals surface area contributed by atoms with Gasteiger partial charge in [0.1, 0.15) is 12.9 Å². The molecule has 0 bridgehead atoms. The van der Waals surface area contributed by atoms with Crippen LogP contribution in [0.3, 0.4) is 0 Å². The largest absolute Gasteiger partial charge is 0.311 e. The topological polar surface area (TPSA) is 12.7 Å². The van der Waals surface area contributed by atoms with Crippen molar-refractivity contribution in [1.82, 2.24) is 4.40 Å². The first-order valence-electron chi connectivity index (χ1n) is 10.9. The Morgan fingerprint density at radius 2 is 1.81 bits per heavy atom. The van der Waals surface area contributed by atoms with Gasteiger partial charge in [0.15, 0.2) is 6.20 Å². The third-order valence-corrected chi connectivity index (χ3v) is 6.79. The molecule has 0 atom stereocenters. The number of nitrogens with zero attached hydrogens (tertiary/aromatic N) is 3. The standard InChI is InChI=1S/C28H23FN3/c1-16-6-8-20-21-14-19(29)7-9-22(21)32-23-13-17(15-28(2,3)30-4)12-18-10-11-31(5)27(25(18)23)24(16)26(20)32/h6-14H,15H2,1-3,5H3/q+1. The Bertz CT molecular complexity index is 1770. The van der Waals surface area contributed by atoms with Crippen molar-refractivity contribution in [2.75, 3.05) is 0 Å². The number of pyridine rings is 2. The summed E-state index contributed by atoms with van der Waals surface area (Å²) in [6.45, 7) is 13.7. The van der Waals surface area contributed by atoms with Gasteiger partial charge in [0.2, 0.25) is 11.1 Å². The number of rotatable bonds is 2. The highest BCUT2D eigenvalue weighted by molar-refractivity contribution is 6.25. The van der Waals surface area contributed by atoms with Crippen LogP contribution in [-0.4, -0.2) is 9.94 Å². The van der Waals surface area contributed by atoms with Gasteiger partial charge in [-0.2, -0.15) is 0 Å². The second kappa shape index (κ2) is 6.17. The quantitative estimate of drug-likeness (QED) is 0.131. The van der Waals surface area contributed by atoms with Crippen molar-refractivity contribution in [2.24, 2.45) is 7.05 Å². The molecule has 0 N–H and O–H groups in total. The molecule has 0 aliphatic carbocycles. The van der Waals surface area contributed by atoms with Crippen molar-refractivity contribution in [3.05, 3.63) is 83.1 Å². The van der Waals surface area contributed by atoms with Gasteiger partial charge in [-0.3, -0.25) is 0 Å². The SMILES string of the molecule is [C-]#[N+]C(C)(C)Cc1cc2cc[n+](C)c3c4c(C)ccc5c6cc(F)ccc6n(c(c1)c23)c54. The smallest absolute Gasteiger partial charge is 0.231 e. The molecule has 3 nitrogen and oxygen atoms in total. The Hall–Kier alpha value is -3.71. The highest BCUT2D eigenvalue weighted by Gasteiger charge is 2.27. The fourth-order valence-electron chi connectivity index (χ4n) is 5.39. The average molecular weight is 421 g/mol. The van der Waals surface area contributed by atoms with E-state index < -0.39 is 5.54 Å². The van der Waals surface area contributed by atoms with E-state index in [9.17, 15) is 4.39 Å². The lowest BCUT2D eigenvalue weighted by molar-refractivity contribution is -0.643. The van der Waals surface area contributed by atoms with Crippen molar-refractivity contribution in [2.45, 2.75) is 32.7 Å². The summed E-state index contributed by atoms with van der Waals surface area (Å²) in [5.74, 6) is -0.223. The van der Waals surface area contributed by atoms with Gasteiger partial charge in [-0.15, -0.1) is 0 Å². The van der Waals surface area contributed by atoms with Crippen LogP contribution < -0.4 is 4.57 Å². The van der Waals surface area contributed by atoms with Gasteiger partial charge in [-0.05, 0) is 47.7 Å². The molecule has 0 radical (unpaired) electrons. The minimum atomic E-state index is -0.469. The van der Waals surface area contributed by atoms with Crippen LogP contribution in [0.15, 0.2) is 54.7 Å².